The minimum Gasteiger partial charge on any atom is -0.459 e. The molecule has 0 N–H and O–H groups in total. The van der Waals surface area contributed by atoms with Crippen LogP contribution in [0.25, 0.3) is 6.08 Å². The van der Waals surface area contributed by atoms with E-state index in [1.54, 1.807) is 6.08 Å². The Kier molecular flexibility index (Phi) is 6.60. The Morgan fingerprint density at radius 3 is 2.26 bits per heavy atom. The first-order valence-corrected chi connectivity index (χ1v) is 12.4. The molecular weight excluding hydrogens is 448 g/mol. The maximum atomic E-state index is 13.0. The largest absolute Gasteiger partial charge is 0.459 e. The van der Waals surface area contributed by atoms with Crippen molar-refractivity contribution in [1.82, 2.24) is 0 Å². The average Bonchev–Trinajstić information content (AvgIpc) is 3.01. The molecule has 2 saturated carbocycles. The third-order valence-electron chi connectivity index (χ3n) is 8.45. The number of benzene rings is 1. The Balaban J connectivity index is 1.73. The fourth-order valence-electron chi connectivity index (χ4n) is 6.76. The van der Waals surface area contributed by atoms with Gasteiger partial charge in [0.2, 0.25) is 0 Å². The lowest BCUT2D eigenvalue weighted by molar-refractivity contribution is -0.284. The van der Waals surface area contributed by atoms with Crippen LogP contribution in [0.15, 0.2) is 36.4 Å². The molecule has 1 spiro atoms. The molecule has 0 aromatic heterocycles. The number of esters is 3. The van der Waals surface area contributed by atoms with Gasteiger partial charge in [-0.1, -0.05) is 37.3 Å². The molecule has 1 heterocycles. The zero-order chi connectivity index (χ0) is 25.6. The summed E-state index contributed by atoms with van der Waals surface area (Å²) in [7, 11) is 0. The molecule has 3 aliphatic rings. The monoisotopic (exact) mass is 484 g/mol. The normalized spacial score (nSPS) is 37.4. The standard InChI is InChI=1S/C28H36O7/c1-17-14-22(32-18(2)29)25(33-19(3)30)27(6)23(15-21-16-28(17,27)35-26(21,4)5)34-24(31)13-12-20-10-8-7-9-11-20/h7-13,17,21-23,25H,14-16H2,1-6H3/b13-12+/t17-,21-,22+,23+,25+,27-,28+/m1/s1. The van der Waals surface area contributed by atoms with E-state index in [0.717, 1.165) is 12.0 Å². The van der Waals surface area contributed by atoms with Gasteiger partial charge in [-0.3, -0.25) is 9.59 Å². The zero-order valence-corrected chi connectivity index (χ0v) is 21.4. The van der Waals surface area contributed by atoms with Crippen molar-refractivity contribution in [2.75, 3.05) is 0 Å². The maximum absolute atomic E-state index is 13.0. The molecule has 2 aliphatic carbocycles. The summed E-state index contributed by atoms with van der Waals surface area (Å²) < 4.78 is 24.5. The minimum atomic E-state index is -0.920. The highest BCUT2D eigenvalue weighted by molar-refractivity contribution is 5.87. The quantitative estimate of drug-likeness (QED) is 0.346. The smallest absolute Gasteiger partial charge is 0.331 e. The third-order valence-corrected chi connectivity index (χ3v) is 8.45. The highest BCUT2D eigenvalue weighted by atomic mass is 16.6. The van der Waals surface area contributed by atoms with Crippen molar-refractivity contribution < 1.29 is 33.3 Å². The molecular formula is C28H36O7. The first kappa shape index (κ1) is 25.4. The fraction of sp³-hybridized carbons (Fsp3) is 0.607. The molecule has 1 saturated heterocycles. The van der Waals surface area contributed by atoms with Gasteiger partial charge in [-0.2, -0.15) is 0 Å². The van der Waals surface area contributed by atoms with E-state index in [4.69, 9.17) is 18.9 Å². The highest BCUT2D eigenvalue weighted by Crippen LogP contribution is 2.67. The Morgan fingerprint density at radius 1 is 0.971 bits per heavy atom. The summed E-state index contributed by atoms with van der Waals surface area (Å²) in [5, 5.41) is 0. The number of rotatable bonds is 5. The van der Waals surface area contributed by atoms with Gasteiger partial charge >= 0.3 is 17.9 Å². The van der Waals surface area contributed by atoms with Gasteiger partial charge in [0, 0.05) is 19.9 Å². The molecule has 3 fully saturated rings. The molecule has 1 aliphatic heterocycles. The van der Waals surface area contributed by atoms with E-state index in [-0.39, 0.29) is 11.8 Å². The second-order valence-corrected chi connectivity index (χ2v) is 11.0. The van der Waals surface area contributed by atoms with Crippen molar-refractivity contribution in [1.29, 1.82) is 0 Å². The van der Waals surface area contributed by atoms with Crippen LogP contribution in [0.3, 0.4) is 0 Å². The van der Waals surface area contributed by atoms with E-state index in [2.05, 4.69) is 20.8 Å². The van der Waals surface area contributed by atoms with E-state index < -0.39 is 52.8 Å². The van der Waals surface area contributed by atoms with Crippen molar-refractivity contribution in [3.8, 4) is 0 Å². The molecule has 0 unspecified atom stereocenters. The lowest BCUT2D eigenvalue weighted by Gasteiger charge is -2.61. The molecule has 7 nitrogen and oxygen atoms in total. The van der Waals surface area contributed by atoms with E-state index in [9.17, 15) is 14.4 Å². The van der Waals surface area contributed by atoms with Crippen LogP contribution in [-0.2, 0) is 33.3 Å². The fourth-order valence-corrected chi connectivity index (χ4v) is 6.76. The van der Waals surface area contributed by atoms with Gasteiger partial charge in [-0.15, -0.1) is 0 Å². The minimum absolute atomic E-state index is 0.0192. The molecule has 35 heavy (non-hydrogen) atoms. The lowest BCUT2D eigenvalue weighted by atomic mass is 9.49. The van der Waals surface area contributed by atoms with Crippen LogP contribution in [0.1, 0.15) is 66.4 Å². The number of hydrogen-bond donors (Lipinski definition) is 0. The summed E-state index contributed by atoms with van der Waals surface area (Å²) >= 11 is 0. The molecule has 7 atom stereocenters. The summed E-state index contributed by atoms with van der Waals surface area (Å²) in [6, 6.07) is 9.52. The molecule has 1 aromatic rings. The topological polar surface area (TPSA) is 88.1 Å². The van der Waals surface area contributed by atoms with Crippen LogP contribution in [0.4, 0.5) is 0 Å². The number of fused-ring (bicyclic) bond motifs is 1. The predicted octanol–water partition coefficient (Wildman–Crippen LogP) is 4.48. The van der Waals surface area contributed by atoms with Crippen LogP contribution < -0.4 is 0 Å². The van der Waals surface area contributed by atoms with Gasteiger partial charge in [0.15, 0.2) is 6.10 Å². The molecule has 0 radical (unpaired) electrons. The van der Waals surface area contributed by atoms with Gasteiger partial charge in [0.25, 0.3) is 0 Å². The van der Waals surface area contributed by atoms with Crippen molar-refractivity contribution in [2.45, 2.75) is 90.3 Å². The Hall–Kier alpha value is -2.67. The Morgan fingerprint density at radius 2 is 1.63 bits per heavy atom. The van der Waals surface area contributed by atoms with Gasteiger partial charge < -0.3 is 18.9 Å². The van der Waals surface area contributed by atoms with E-state index >= 15 is 0 Å². The average molecular weight is 485 g/mol. The van der Waals surface area contributed by atoms with Crippen LogP contribution in [0.5, 0.6) is 0 Å². The highest BCUT2D eigenvalue weighted by Gasteiger charge is 2.75. The summed E-state index contributed by atoms with van der Waals surface area (Å²) in [5.74, 6) is -1.25. The van der Waals surface area contributed by atoms with Crippen LogP contribution >= 0.6 is 0 Å². The first-order valence-electron chi connectivity index (χ1n) is 12.4. The van der Waals surface area contributed by atoms with Gasteiger partial charge in [0.05, 0.1) is 16.6 Å². The number of hydrogen-bond acceptors (Lipinski definition) is 7. The van der Waals surface area contributed by atoms with Crippen molar-refractivity contribution in [2.24, 2.45) is 17.3 Å². The molecule has 1 aromatic carbocycles. The second-order valence-electron chi connectivity index (χ2n) is 11.0. The number of carbonyl (C=O) groups excluding carboxylic acids is 3. The summed E-state index contributed by atoms with van der Waals surface area (Å²) in [5.41, 5.74) is -1.17. The molecule has 2 bridgehead atoms. The summed E-state index contributed by atoms with van der Waals surface area (Å²) in [6.07, 6.45) is 2.88. The van der Waals surface area contributed by atoms with Crippen molar-refractivity contribution in [3.05, 3.63) is 42.0 Å². The van der Waals surface area contributed by atoms with E-state index in [1.807, 2.05) is 37.3 Å². The Bertz CT molecular complexity index is 1020. The molecule has 7 heteroatoms. The third kappa shape index (κ3) is 4.39. The maximum Gasteiger partial charge on any atom is 0.331 e. The lowest BCUT2D eigenvalue weighted by Crippen LogP contribution is -2.71. The molecule has 190 valence electrons. The Labute approximate surface area is 207 Å². The predicted molar refractivity (Wildman–Crippen MR) is 129 cm³/mol. The zero-order valence-electron chi connectivity index (χ0n) is 21.4. The van der Waals surface area contributed by atoms with E-state index in [0.29, 0.717) is 12.8 Å². The van der Waals surface area contributed by atoms with Crippen LogP contribution in [0, 0.1) is 17.3 Å². The van der Waals surface area contributed by atoms with Crippen LogP contribution in [0.2, 0.25) is 0 Å². The van der Waals surface area contributed by atoms with Crippen molar-refractivity contribution >= 4 is 24.0 Å². The van der Waals surface area contributed by atoms with Gasteiger partial charge in [0.1, 0.15) is 12.2 Å². The first-order chi connectivity index (χ1) is 16.4. The summed E-state index contributed by atoms with van der Waals surface area (Å²) in [6.45, 7) is 10.9. The summed E-state index contributed by atoms with van der Waals surface area (Å²) in [4.78, 5) is 37.2. The van der Waals surface area contributed by atoms with Crippen LogP contribution in [-0.4, -0.2) is 47.4 Å². The van der Waals surface area contributed by atoms with Gasteiger partial charge in [-0.25, -0.2) is 4.79 Å². The molecule has 4 rings (SSSR count). The number of carbonyl (C=O) groups is 3. The number of ether oxygens (including phenoxy) is 4. The molecule has 0 amide bonds. The second kappa shape index (κ2) is 9.08. The SMILES string of the molecule is CC(=O)O[C@H]1C[C@@H](C)[C@@]23C[C@@H](C[C@H](OC(=O)/C=C/c4ccccc4)[C@]2(C)[C@H]1OC(C)=O)C(C)(C)O3. The van der Waals surface area contributed by atoms with Gasteiger partial charge in [-0.05, 0) is 63.5 Å². The van der Waals surface area contributed by atoms with E-state index in [1.165, 1.54) is 19.9 Å². The van der Waals surface area contributed by atoms with Crippen molar-refractivity contribution in [3.63, 3.8) is 0 Å².